The minimum absolute atomic E-state index is 0.226. The van der Waals surface area contributed by atoms with Gasteiger partial charge in [0.15, 0.2) is 0 Å². The van der Waals surface area contributed by atoms with Gasteiger partial charge in [-0.3, -0.25) is 0 Å². The standard InChI is InChI=1S/C11H20O3/c1-7-6-9(12-3)11(14-5)8(2)10(7)13-4/h7-8,10H,6H2,1-5H3. The van der Waals surface area contributed by atoms with Crippen molar-refractivity contribution in [2.24, 2.45) is 11.8 Å². The number of allylic oxidation sites excluding steroid dienone is 1. The molecule has 0 amide bonds. The molecular formula is C11H20O3. The fraction of sp³-hybridized carbons (Fsp3) is 0.818. The molecule has 0 saturated heterocycles. The Hall–Kier alpha value is -0.700. The normalized spacial score (nSPS) is 33.1. The first-order chi connectivity index (χ1) is 6.65. The van der Waals surface area contributed by atoms with Crippen LogP contribution in [0.2, 0.25) is 0 Å². The summed E-state index contributed by atoms with van der Waals surface area (Å²) >= 11 is 0. The third-order valence-electron chi connectivity index (χ3n) is 2.99. The largest absolute Gasteiger partial charge is 0.498 e. The molecule has 0 N–H and O–H groups in total. The van der Waals surface area contributed by atoms with Crippen molar-refractivity contribution in [2.45, 2.75) is 26.4 Å². The highest BCUT2D eigenvalue weighted by atomic mass is 16.5. The van der Waals surface area contributed by atoms with E-state index in [1.807, 2.05) is 0 Å². The topological polar surface area (TPSA) is 27.7 Å². The molecule has 0 spiro atoms. The first-order valence-corrected chi connectivity index (χ1v) is 4.99. The Morgan fingerprint density at radius 2 is 1.71 bits per heavy atom. The van der Waals surface area contributed by atoms with E-state index in [9.17, 15) is 0 Å². The van der Waals surface area contributed by atoms with Crippen molar-refractivity contribution in [2.75, 3.05) is 21.3 Å². The Morgan fingerprint density at radius 1 is 1.07 bits per heavy atom. The molecule has 1 aliphatic rings. The second-order valence-electron chi connectivity index (χ2n) is 3.87. The van der Waals surface area contributed by atoms with Crippen LogP contribution in [0.15, 0.2) is 11.5 Å². The van der Waals surface area contributed by atoms with Crippen molar-refractivity contribution in [1.29, 1.82) is 0 Å². The molecular weight excluding hydrogens is 180 g/mol. The van der Waals surface area contributed by atoms with E-state index in [0.717, 1.165) is 17.9 Å². The molecule has 0 radical (unpaired) electrons. The SMILES string of the molecule is COC1=C(OC)C(C)C(OC)C(C)C1. The summed E-state index contributed by atoms with van der Waals surface area (Å²) in [5.41, 5.74) is 0. The van der Waals surface area contributed by atoms with Crippen LogP contribution in [0.1, 0.15) is 20.3 Å². The molecule has 3 unspecified atom stereocenters. The molecule has 14 heavy (non-hydrogen) atoms. The van der Waals surface area contributed by atoms with Gasteiger partial charge in [0.1, 0.15) is 11.5 Å². The molecule has 0 aromatic heterocycles. The Labute approximate surface area is 86.0 Å². The molecule has 0 fully saturated rings. The maximum Gasteiger partial charge on any atom is 0.138 e. The average Bonchev–Trinajstić information content (AvgIpc) is 2.17. The van der Waals surface area contributed by atoms with Crippen LogP contribution in [0.4, 0.5) is 0 Å². The van der Waals surface area contributed by atoms with Gasteiger partial charge in [-0.15, -0.1) is 0 Å². The van der Waals surface area contributed by atoms with Crippen molar-refractivity contribution in [1.82, 2.24) is 0 Å². The summed E-state index contributed by atoms with van der Waals surface area (Å²) < 4.78 is 16.2. The van der Waals surface area contributed by atoms with E-state index >= 15 is 0 Å². The highest BCUT2D eigenvalue weighted by Gasteiger charge is 2.35. The lowest BCUT2D eigenvalue weighted by Gasteiger charge is -2.35. The van der Waals surface area contributed by atoms with Gasteiger partial charge in [0.2, 0.25) is 0 Å². The lowest BCUT2D eigenvalue weighted by molar-refractivity contribution is -0.0109. The number of hydrogen-bond donors (Lipinski definition) is 0. The number of ether oxygens (including phenoxy) is 3. The lowest BCUT2D eigenvalue weighted by atomic mass is 9.83. The van der Waals surface area contributed by atoms with Gasteiger partial charge in [-0.1, -0.05) is 13.8 Å². The zero-order valence-electron chi connectivity index (χ0n) is 9.66. The summed E-state index contributed by atoms with van der Waals surface area (Å²) in [6.07, 6.45) is 1.12. The van der Waals surface area contributed by atoms with Crippen LogP contribution in [0.25, 0.3) is 0 Å². The van der Waals surface area contributed by atoms with Crippen LogP contribution in [0, 0.1) is 11.8 Å². The Kier molecular flexibility index (Phi) is 3.81. The molecule has 0 aromatic rings. The summed E-state index contributed by atoms with van der Waals surface area (Å²) in [7, 11) is 5.14. The van der Waals surface area contributed by atoms with E-state index in [4.69, 9.17) is 14.2 Å². The maximum atomic E-state index is 5.47. The van der Waals surface area contributed by atoms with Crippen molar-refractivity contribution >= 4 is 0 Å². The van der Waals surface area contributed by atoms with Gasteiger partial charge in [-0.25, -0.2) is 0 Å². The number of rotatable bonds is 3. The first-order valence-electron chi connectivity index (χ1n) is 4.99. The molecule has 0 bridgehead atoms. The second kappa shape index (κ2) is 4.69. The van der Waals surface area contributed by atoms with Crippen molar-refractivity contribution < 1.29 is 14.2 Å². The molecule has 0 heterocycles. The van der Waals surface area contributed by atoms with Gasteiger partial charge in [-0.2, -0.15) is 0 Å². The van der Waals surface area contributed by atoms with Crippen molar-refractivity contribution in [3.05, 3.63) is 11.5 Å². The molecule has 3 nitrogen and oxygen atoms in total. The first kappa shape index (κ1) is 11.4. The third-order valence-corrected chi connectivity index (χ3v) is 2.99. The minimum atomic E-state index is 0.226. The predicted molar refractivity (Wildman–Crippen MR) is 54.8 cm³/mol. The summed E-state index contributed by atoms with van der Waals surface area (Å²) in [5.74, 6) is 2.63. The van der Waals surface area contributed by atoms with Crippen LogP contribution >= 0.6 is 0 Å². The molecule has 0 saturated carbocycles. The molecule has 0 aliphatic heterocycles. The minimum Gasteiger partial charge on any atom is -0.498 e. The Morgan fingerprint density at radius 3 is 2.14 bits per heavy atom. The summed E-state index contributed by atoms with van der Waals surface area (Å²) in [6.45, 7) is 4.29. The van der Waals surface area contributed by atoms with E-state index in [-0.39, 0.29) is 12.0 Å². The van der Waals surface area contributed by atoms with Gasteiger partial charge in [0, 0.05) is 19.4 Å². The molecule has 3 atom stereocenters. The zero-order chi connectivity index (χ0) is 10.7. The van der Waals surface area contributed by atoms with Crippen LogP contribution in [-0.4, -0.2) is 27.4 Å². The highest BCUT2D eigenvalue weighted by molar-refractivity contribution is 5.12. The van der Waals surface area contributed by atoms with Gasteiger partial charge in [-0.05, 0) is 5.92 Å². The molecule has 0 aromatic carbocycles. The van der Waals surface area contributed by atoms with Crippen LogP contribution in [-0.2, 0) is 14.2 Å². The smallest absolute Gasteiger partial charge is 0.138 e. The highest BCUT2D eigenvalue weighted by Crippen LogP contribution is 2.36. The van der Waals surface area contributed by atoms with E-state index in [0.29, 0.717) is 5.92 Å². The third kappa shape index (κ3) is 1.87. The summed E-state index contributed by atoms with van der Waals surface area (Å²) in [5, 5.41) is 0. The fourth-order valence-electron chi connectivity index (χ4n) is 2.33. The van der Waals surface area contributed by atoms with E-state index in [1.54, 1.807) is 21.3 Å². The predicted octanol–water partition coefficient (Wildman–Crippen LogP) is 2.18. The maximum absolute atomic E-state index is 5.47. The van der Waals surface area contributed by atoms with E-state index in [2.05, 4.69) is 13.8 Å². The van der Waals surface area contributed by atoms with Gasteiger partial charge in [0.25, 0.3) is 0 Å². The zero-order valence-corrected chi connectivity index (χ0v) is 9.66. The Balaban J connectivity index is 2.93. The van der Waals surface area contributed by atoms with Crippen molar-refractivity contribution in [3.63, 3.8) is 0 Å². The van der Waals surface area contributed by atoms with E-state index < -0.39 is 0 Å². The number of methoxy groups -OCH3 is 3. The fourth-order valence-corrected chi connectivity index (χ4v) is 2.33. The summed E-state index contributed by atoms with van der Waals surface area (Å²) in [6, 6.07) is 0. The lowest BCUT2D eigenvalue weighted by Crippen LogP contribution is -2.34. The van der Waals surface area contributed by atoms with Crippen LogP contribution in [0.3, 0.4) is 0 Å². The van der Waals surface area contributed by atoms with Gasteiger partial charge < -0.3 is 14.2 Å². The Bertz CT molecular complexity index is 223. The number of hydrogen-bond acceptors (Lipinski definition) is 3. The van der Waals surface area contributed by atoms with Gasteiger partial charge in [0.05, 0.1) is 20.3 Å². The summed E-state index contributed by atoms with van der Waals surface area (Å²) in [4.78, 5) is 0. The molecule has 82 valence electrons. The monoisotopic (exact) mass is 200 g/mol. The molecule has 1 aliphatic carbocycles. The van der Waals surface area contributed by atoms with Gasteiger partial charge >= 0.3 is 0 Å². The van der Waals surface area contributed by atoms with Crippen molar-refractivity contribution in [3.8, 4) is 0 Å². The average molecular weight is 200 g/mol. The van der Waals surface area contributed by atoms with Crippen LogP contribution < -0.4 is 0 Å². The second-order valence-corrected chi connectivity index (χ2v) is 3.87. The molecule has 1 rings (SSSR count). The quantitative estimate of drug-likeness (QED) is 0.699. The molecule has 3 heteroatoms. The van der Waals surface area contributed by atoms with Crippen LogP contribution in [0.5, 0.6) is 0 Å². The van der Waals surface area contributed by atoms with E-state index in [1.165, 1.54) is 0 Å².